The quantitative estimate of drug-likeness (QED) is 0.511. The Morgan fingerprint density at radius 2 is 1.56 bits per heavy atom. The van der Waals surface area contributed by atoms with Crippen molar-refractivity contribution in [3.05, 3.63) is 82.9 Å². The molecule has 2 aromatic carbocycles. The Bertz CT molecular complexity index is 1020. The van der Waals surface area contributed by atoms with Crippen molar-refractivity contribution in [2.24, 2.45) is 5.73 Å². The third kappa shape index (κ3) is 5.10. The summed E-state index contributed by atoms with van der Waals surface area (Å²) >= 11 is 0. The highest BCUT2D eigenvalue weighted by Gasteiger charge is 2.32. The SMILES string of the molecule is CC(C)(C)c1cc(C(C(=O)[C@@H](N)Cc2cnc[nH]2)c2ccccc2)cc(C(C)(C)C)c1O. The highest BCUT2D eigenvalue weighted by Crippen LogP contribution is 2.42. The predicted molar refractivity (Wildman–Crippen MR) is 129 cm³/mol. The van der Waals surface area contributed by atoms with Gasteiger partial charge < -0.3 is 15.8 Å². The van der Waals surface area contributed by atoms with Crippen LogP contribution >= 0.6 is 0 Å². The molecule has 1 unspecified atom stereocenters. The van der Waals surface area contributed by atoms with E-state index in [-0.39, 0.29) is 16.6 Å². The molecular formula is C27H35N3O2. The van der Waals surface area contributed by atoms with E-state index in [1.54, 1.807) is 12.5 Å². The zero-order valence-corrected chi connectivity index (χ0v) is 19.9. The van der Waals surface area contributed by atoms with E-state index >= 15 is 0 Å². The number of phenols is 1. The van der Waals surface area contributed by atoms with Crippen LogP contribution in [0, 0.1) is 0 Å². The molecule has 0 saturated heterocycles. The molecule has 0 aliphatic carbocycles. The van der Waals surface area contributed by atoms with E-state index < -0.39 is 12.0 Å². The molecule has 0 aliphatic rings. The van der Waals surface area contributed by atoms with Crippen LogP contribution in [0.3, 0.4) is 0 Å². The molecule has 0 aliphatic heterocycles. The topological polar surface area (TPSA) is 92.0 Å². The standard InChI is InChI=1S/C27H35N3O2/c1-26(2,3)20-12-18(13-21(24(20)31)27(4,5)6)23(17-10-8-7-9-11-17)25(32)22(28)14-19-15-29-16-30-19/h7-13,15-16,22-23,31H,14,28H2,1-6H3,(H,29,30)/t22-,23?/m0/s1. The summed E-state index contributed by atoms with van der Waals surface area (Å²) in [6.07, 6.45) is 3.67. The first-order chi connectivity index (χ1) is 14.9. The summed E-state index contributed by atoms with van der Waals surface area (Å²) in [5.41, 5.74) is 10.1. The van der Waals surface area contributed by atoms with Crippen LogP contribution in [0.15, 0.2) is 55.0 Å². The molecule has 0 saturated carbocycles. The van der Waals surface area contributed by atoms with E-state index in [1.807, 2.05) is 42.5 Å². The van der Waals surface area contributed by atoms with Gasteiger partial charge in [-0.1, -0.05) is 84.0 Å². The van der Waals surface area contributed by atoms with Gasteiger partial charge in [-0.2, -0.15) is 0 Å². The van der Waals surface area contributed by atoms with Gasteiger partial charge in [0.2, 0.25) is 0 Å². The van der Waals surface area contributed by atoms with Crippen LogP contribution in [0.5, 0.6) is 5.75 Å². The normalized spacial score (nSPS) is 14.2. The molecule has 3 aromatic rings. The Hall–Kier alpha value is -2.92. The van der Waals surface area contributed by atoms with Crippen LogP contribution in [0.25, 0.3) is 0 Å². The first-order valence-electron chi connectivity index (χ1n) is 11.1. The minimum atomic E-state index is -0.689. The molecule has 0 bridgehead atoms. The van der Waals surface area contributed by atoms with Crippen LogP contribution in [0.2, 0.25) is 0 Å². The zero-order valence-electron chi connectivity index (χ0n) is 19.9. The summed E-state index contributed by atoms with van der Waals surface area (Å²) in [6, 6.07) is 13.0. The van der Waals surface area contributed by atoms with Crippen molar-refractivity contribution in [1.29, 1.82) is 0 Å². The van der Waals surface area contributed by atoms with Gasteiger partial charge in [0.25, 0.3) is 0 Å². The number of aromatic nitrogens is 2. The van der Waals surface area contributed by atoms with E-state index in [9.17, 15) is 9.90 Å². The van der Waals surface area contributed by atoms with Crippen LogP contribution < -0.4 is 5.73 Å². The number of aromatic hydroxyl groups is 1. The minimum absolute atomic E-state index is 0.0591. The summed E-state index contributed by atoms with van der Waals surface area (Å²) in [7, 11) is 0. The zero-order chi connectivity index (χ0) is 23.7. The summed E-state index contributed by atoms with van der Waals surface area (Å²) in [6.45, 7) is 12.4. The molecule has 1 aromatic heterocycles. The molecule has 3 rings (SSSR count). The number of aromatic amines is 1. The molecule has 5 nitrogen and oxygen atoms in total. The largest absolute Gasteiger partial charge is 0.507 e. The molecule has 170 valence electrons. The number of carbonyl (C=O) groups excluding carboxylic acids is 1. The number of nitrogens with zero attached hydrogens (tertiary/aromatic N) is 1. The molecule has 0 fully saturated rings. The number of H-pyrrole nitrogens is 1. The average Bonchev–Trinajstić information content (AvgIpc) is 3.21. The van der Waals surface area contributed by atoms with Crippen molar-refractivity contribution >= 4 is 5.78 Å². The number of hydrogen-bond donors (Lipinski definition) is 3. The molecule has 0 radical (unpaired) electrons. The molecule has 2 atom stereocenters. The third-order valence-electron chi connectivity index (χ3n) is 5.86. The fraction of sp³-hybridized carbons (Fsp3) is 0.407. The van der Waals surface area contributed by atoms with Gasteiger partial charge in [-0.3, -0.25) is 4.79 Å². The van der Waals surface area contributed by atoms with E-state index in [4.69, 9.17) is 5.73 Å². The van der Waals surface area contributed by atoms with Gasteiger partial charge in [0.05, 0.1) is 18.3 Å². The van der Waals surface area contributed by atoms with Crippen molar-refractivity contribution < 1.29 is 9.90 Å². The summed E-state index contributed by atoms with van der Waals surface area (Å²) in [5.74, 6) is -0.289. The van der Waals surface area contributed by atoms with Crippen molar-refractivity contribution in [1.82, 2.24) is 9.97 Å². The van der Waals surface area contributed by atoms with Crippen LogP contribution in [0.4, 0.5) is 0 Å². The summed E-state index contributed by atoms with van der Waals surface area (Å²) in [5, 5.41) is 11.1. The minimum Gasteiger partial charge on any atom is -0.507 e. The van der Waals surface area contributed by atoms with Gasteiger partial charge in [0.15, 0.2) is 5.78 Å². The number of ketones is 1. The second-order valence-corrected chi connectivity index (χ2v) is 10.6. The second-order valence-electron chi connectivity index (χ2n) is 10.6. The average molecular weight is 434 g/mol. The summed E-state index contributed by atoms with van der Waals surface area (Å²) in [4.78, 5) is 20.8. The number of imidazole rings is 1. The fourth-order valence-corrected chi connectivity index (χ4v) is 4.08. The number of nitrogens with one attached hydrogen (secondary N) is 1. The van der Waals surface area contributed by atoms with Gasteiger partial charge in [0, 0.05) is 18.3 Å². The lowest BCUT2D eigenvalue weighted by atomic mass is 9.75. The van der Waals surface area contributed by atoms with Crippen LogP contribution in [0.1, 0.15) is 75.4 Å². The molecule has 0 amide bonds. The first-order valence-corrected chi connectivity index (χ1v) is 11.1. The lowest BCUT2D eigenvalue weighted by molar-refractivity contribution is -0.120. The van der Waals surface area contributed by atoms with E-state index in [2.05, 4.69) is 51.5 Å². The van der Waals surface area contributed by atoms with Gasteiger partial charge in [-0.15, -0.1) is 0 Å². The Kier molecular flexibility index (Phi) is 6.61. The predicted octanol–water partition coefficient (Wildman–Crippen LogP) is 4.98. The number of carbonyl (C=O) groups is 1. The van der Waals surface area contributed by atoms with Crippen molar-refractivity contribution in [2.75, 3.05) is 0 Å². The fourth-order valence-electron chi connectivity index (χ4n) is 4.08. The van der Waals surface area contributed by atoms with Gasteiger partial charge in [0.1, 0.15) is 5.75 Å². The summed E-state index contributed by atoms with van der Waals surface area (Å²) < 4.78 is 0. The number of phenolic OH excluding ortho intramolecular Hbond substituents is 1. The number of nitrogens with two attached hydrogens (primary N) is 1. The molecular weight excluding hydrogens is 398 g/mol. The maximum Gasteiger partial charge on any atom is 0.161 e. The third-order valence-corrected chi connectivity index (χ3v) is 5.86. The van der Waals surface area contributed by atoms with Gasteiger partial charge in [-0.05, 0) is 33.1 Å². The number of Topliss-reactive ketones (excluding diaryl/α,β-unsaturated/α-hetero) is 1. The Morgan fingerprint density at radius 3 is 2.03 bits per heavy atom. The Balaban J connectivity index is 2.18. The number of hydrogen-bond acceptors (Lipinski definition) is 4. The molecule has 4 N–H and O–H groups in total. The molecule has 5 heteroatoms. The van der Waals surface area contributed by atoms with Gasteiger partial charge in [-0.25, -0.2) is 4.98 Å². The maximum absolute atomic E-state index is 13.8. The number of benzene rings is 2. The van der Waals surface area contributed by atoms with Crippen LogP contribution in [-0.2, 0) is 22.0 Å². The van der Waals surface area contributed by atoms with E-state index in [0.29, 0.717) is 12.2 Å². The Labute approximate surface area is 191 Å². The second kappa shape index (κ2) is 8.91. The lowest BCUT2D eigenvalue weighted by Crippen LogP contribution is -2.37. The maximum atomic E-state index is 13.8. The van der Waals surface area contributed by atoms with Crippen molar-refractivity contribution in [2.45, 2.75) is 70.8 Å². The van der Waals surface area contributed by atoms with E-state index in [0.717, 1.165) is 27.9 Å². The molecule has 0 spiro atoms. The highest BCUT2D eigenvalue weighted by molar-refractivity contribution is 5.93. The van der Waals surface area contributed by atoms with Crippen LogP contribution in [-0.4, -0.2) is 26.9 Å². The lowest BCUT2D eigenvalue weighted by Gasteiger charge is -2.30. The highest BCUT2D eigenvalue weighted by atomic mass is 16.3. The van der Waals surface area contributed by atoms with Gasteiger partial charge >= 0.3 is 0 Å². The monoisotopic (exact) mass is 433 g/mol. The van der Waals surface area contributed by atoms with Crippen molar-refractivity contribution in [3.8, 4) is 5.75 Å². The molecule has 1 heterocycles. The smallest absolute Gasteiger partial charge is 0.161 e. The Morgan fingerprint density at radius 1 is 1.00 bits per heavy atom. The number of rotatable bonds is 6. The van der Waals surface area contributed by atoms with Crippen molar-refractivity contribution in [3.63, 3.8) is 0 Å². The first kappa shape index (κ1) is 23.7. The van der Waals surface area contributed by atoms with E-state index in [1.165, 1.54) is 0 Å². The molecule has 32 heavy (non-hydrogen) atoms.